The molecule has 4 N–H and O–H groups in total. The molecule has 1 rings (SSSR count). The molecule has 0 aromatic heterocycles. The van der Waals surface area contributed by atoms with Crippen LogP contribution >= 0.6 is 0 Å². The molecule has 1 aromatic rings. The van der Waals surface area contributed by atoms with Gasteiger partial charge in [-0.3, -0.25) is 4.79 Å². The van der Waals surface area contributed by atoms with Crippen LogP contribution in [0.4, 0.5) is 15.8 Å². The van der Waals surface area contributed by atoms with Crippen LogP contribution < -0.4 is 11.1 Å². The number of anilines is 2. The quantitative estimate of drug-likeness (QED) is 0.631. The molecule has 0 bridgehead atoms. The lowest BCUT2D eigenvalue weighted by molar-refractivity contribution is -0.116. The van der Waals surface area contributed by atoms with Crippen LogP contribution in [0.1, 0.15) is 19.8 Å². The predicted molar refractivity (Wildman–Crippen MR) is 77.9 cm³/mol. The number of nitrogen functional groups attached to an aromatic ring is 1. The van der Waals surface area contributed by atoms with Gasteiger partial charge in [0, 0.05) is 25.2 Å². The number of carbonyl (C=O) groups excluding carboxylic acids is 1. The maximum Gasteiger partial charge on any atom is 0.225 e. The molecule has 112 valence electrons. The average molecular weight is 283 g/mol. The van der Waals surface area contributed by atoms with Crippen molar-refractivity contribution in [1.82, 2.24) is 4.90 Å². The highest BCUT2D eigenvalue weighted by molar-refractivity contribution is 5.91. The molecule has 0 heterocycles. The fourth-order valence-corrected chi connectivity index (χ4v) is 1.90. The van der Waals surface area contributed by atoms with Crippen LogP contribution in [0.5, 0.6) is 0 Å². The number of rotatable bonds is 8. The lowest BCUT2D eigenvalue weighted by Crippen LogP contribution is -2.31. The molecule has 0 atom stereocenters. The van der Waals surface area contributed by atoms with Crippen molar-refractivity contribution in [3.8, 4) is 0 Å². The van der Waals surface area contributed by atoms with Crippen molar-refractivity contribution in [1.29, 1.82) is 0 Å². The number of nitrogens with zero attached hydrogens (tertiary/aromatic N) is 1. The summed E-state index contributed by atoms with van der Waals surface area (Å²) in [4.78, 5) is 13.8. The van der Waals surface area contributed by atoms with Gasteiger partial charge in [0.25, 0.3) is 0 Å². The van der Waals surface area contributed by atoms with Crippen LogP contribution in [0.2, 0.25) is 0 Å². The van der Waals surface area contributed by atoms with E-state index in [2.05, 4.69) is 5.32 Å². The second-order valence-electron chi connectivity index (χ2n) is 4.60. The Morgan fingerprint density at radius 2 is 2.15 bits per heavy atom. The molecule has 0 aliphatic carbocycles. The van der Waals surface area contributed by atoms with E-state index in [9.17, 15) is 9.18 Å². The van der Waals surface area contributed by atoms with Gasteiger partial charge < -0.3 is 21.1 Å². The zero-order valence-electron chi connectivity index (χ0n) is 11.7. The van der Waals surface area contributed by atoms with Crippen LogP contribution in [0.25, 0.3) is 0 Å². The summed E-state index contributed by atoms with van der Waals surface area (Å²) < 4.78 is 13.0. The summed E-state index contributed by atoms with van der Waals surface area (Å²) in [5.41, 5.74) is 5.93. The fourth-order valence-electron chi connectivity index (χ4n) is 1.90. The van der Waals surface area contributed by atoms with Gasteiger partial charge in [-0.15, -0.1) is 0 Å². The molecule has 5 nitrogen and oxygen atoms in total. The predicted octanol–water partition coefficient (Wildman–Crippen LogP) is 1.44. The van der Waals surface area contributed by atoms with Gasteiger partial charge in [0.15, 0.2) is 0 Å². The van der Waals surface area contributed by atoms with Gasteiger partial charge >= 0.3 is 0 Å². The average Bonchev–Trinajstić information content (AvgIpc) is 2.41. The van der Waals surface area contributed by atoms with E-state index in [4.69, 9.17) is 10.8 Å². The third kappa shape index (κ3) is 5.54. The highest BCUT2D eigenvalue weighted by Gasteiger charge is 2.08. The minimum absolute atomic E-state index is 0.00990. The molecule has 1 amide bonds. The van der Waals surface area contributed by atoms with Crippen LogP contribution in [0, 0.1) is 5.82 Å². The molecule has 0 aliphatic rings. The lowest BCUT2D eigenvalue weighted by atomic mass is 10.2. The number of nitrogens with two attached hydrogens (primary N) is 1. The smallest absolute Gasteiger partial charge is 0.225 e. The Balaban J connectivity index is 2.44. The maximum absolute atomic E-state index is 13.0. The van der Waals surface area contributed by atoms with E-state index < -0.39 is 5.82 Å². The van der Waals surface area contributed by atoms with E-state index in [0.29, 0.717) is 25.2 Å². The summed E-state index contributed by atoms with van der Waals surface area (Å²) in [6, 6.07) is 4.09. The third-order valence-corrected chi connectivity index (χ3v) is 2.89. The van der Waals surface area contributed by atoms with Gasteiger partial charge in [-0.1, -0.05) is 6.92 Å². The normalized spacial score (nSPS) is 10.8. The minimum atomic E-state index is -0.500. The van der Waals surface area contributed by atoms with E-state index >= 15 is 0 Å². The lowest BCUT2D eigenvalue weighted by Gasteiger charge is -2.20. The minimum Gasteiger partial charge on any atom is -0.396 e. The van der Waals surface area contributed by atoms with E-state index in [0.717, 1.165) is 13.0 Å². The number of nitrogens with one attached hydrogen (secondary N) is 1. The third-order valence-electron chi connectivity index (χ3n) is 2.89. The van der Waals surface area contributed by atoms with Gasteiger partial charge in [0.05, 0.1) is 12.3 Å². The number of halogens is 1. The Kier molecular flexibility index (Phi) is 6.97. The van der Waals surface area contributed by atoms with E-state index in [1.54, 1.807) is 0 Å². The van der Waals surface area contributed by atoms with Gasteiger partial charge in [0.1, 0.15) is 5.82 Å². The first-order valence-electron chi connectivity index (χ1n) is 6.75. The summed E-state index contributed by atoms with van der Waals surface area (Å²) in [6.45, 7) is 4.11. The van der Waals surface area contributed by atoms with Crippen LogP contribution in [0.3, 0.4) is 0 Å². The van der Waals surface area contributed by atoms with Crippen molar-refractivity contribution in [3.63, 3.8) is 0 Å². The van der Waals surface area contributed by atoms with Gasteiger partial charge in [0.2, 0.25) is 5.91 Å². The monoisotopic (exact) mass is 283 g/mol. The van der Waals surface area contributed by atoms with Crippen LogP contribution in [-0.4, -0.2) is 42.2 Å². The summed E-state index contributed by atoms with van der Waals surface area (Å²) >= 11 is 0. The van der Waals surface area contributed by atoms with E-state index in [-0.39, 0.29) is 18.2 Å². The van der Waals surface area contributed by atoms with E-state index in [1.807, 2.05) is 11.8 Å². The maximum atomic E-state index is 13.0. The summed E-state index contributed by atoms with van der Waals surface area (Å²) in [5.74, 6) is -0.657. The molecule has 0 saturated heterocycles. The molecule has 0 saturated carbocycles. The van der Waals surface area contributed by atoms with Crippen molar-refractivity contribution >= 4 is 17.3 Å². The second-order valence-corrected chi connectivity index (χ2v) is 4.60. The Bertz CT molecular complexity index is 434. The number of aliphatic hydroxyl groups excluding tert-OH is 1. The SMILES string of the molecule is CCCN(CCO)CCC(=O)Nc1ccc(F)c(N)c1. The molecule has 20 heavy (non-hydrogen) atoms. The number of aliphatic hydroxyl groups is 1. The standard InChI is InChI=1S/C14H22FN3O2/c1-2-6-18(8-9-19)7-5-14(20)17-11-3-4-12(15)13(16)10-11/h3-4,10,19H,2,5-9,16H2,1H3,(H,17,20). The first-order valence-corrected chi connectivity index (χ1v) is 6.75. The molecule has 0 spiro atoms. The van der Waals surface area contributed by atoms with E-state index in [1.165, 1.54) is 18.2 Å². The zero-order valence-corrected chi connectivity index (χ0v) is 11.7. The number of carbonyl (C=O) groups is 1. The topological polar surface area (TPSA) is 78.6 Å². The fraction of sp³-hybridized carbons (Fsp3) is 0.500. The molecule has 0 fully saturated rings. The Hall–Kier alpha value is -1.66. The number of hydrogen-bond donors (Lipinski definition) is 3. The first-order chi connectivity index (χ1) is 9.56. The van der Waals surface area contributed by atoms with Gasteiger partial charge in [-0.05, 0) is 31.2 Å². The number of amides is 1. The first kappa shape index (κ1) is 16.4. The Labute approximate surface area is 118 Å². The molecule has 1 aromatic carbocycles. The molecule has 0 unspecified atom stereocenters. The van der Waals surface area contributed by atoms with Crippen molar-refractivity contribution in [2.45, 2.75) is 19.8 Å². The second kappa shape index (κ2) is 8.50. The number of benzene rings is 1. The van der Waals surface area contributed by atoms with Crippen molar-refractivity contribution in [2.24, 2.45) is 0 Å². The summed E-state index contributed by atoms with van der Waals surface area (Å²) in [6.07, 6.45) is 1.29. The Morgan fingerprint density at radius 3 is 2.75 bits per heavy atom. The van der Waals surface area contributed by atoms with Crippen molar-refractivity contribution < 1.29 is 14.3 Å². The molecular weight excluding hydrogens is 261 g/mol. The van der Waals surface area contributed by atoms with Crippen LogP contribution in [0.15, 0.2) is 18.2 Å². The number of hydrogen-bond acceptors (Lipinski definition) is 4. The van der Waals surface area contributed by atoms with Crippen molar-refractivity contribution in [2.75, 3.05) is 37.3 Å². The summed E-state index contributed by atoms with van der Waals surface area (Å²) in [7, 11) is 0. The molecule has 6 heteroatoms. The Morgan fingerprint density at radius 1 is 1.40 bits per heavy atom. The molecule has 0 radical (unpaired) electrons. The highest BCUT2D eigenvalue weighted by Crippen LogP contribution is 2.16. The summed E-state index contributed by atoms with van der Waals surface area (Å²) in [5, 5.41) is 11.6. The highest BCUT2D eigenvalue weighted by atomic mass is 19.1. The molecule has 0 aliphatic heterocycles. The van der Waals surface area contributed by atoms with Crippen LogP contribution in [-0.2, 0) is 4.79 Å². The van der Waals surface area contributed by atoms with Crippen molar-refractivity contribution in [3.05, 3.63) is 24.0 Å². The van der Waals surface area contributed by atoms with Gasteiger partial charge in [-0.25, -0.2) is 4.39 Å². The zero-order chi connectivity index (χ0) is 15.0. The largest absolute Gasteiger partial charge is 0.396 e. The van der Waals surface area contributed by atoms with Gasteiger partial charge in [-0.2, -0.15) is 0 Å². The molecular formula is C14H22FN3O2.